The highest BCUT2D eigenvalue weighted by atomic mass is 32.2. The number of Topliss-reactive ketones (excluding diaryl/α,β-unsaturated/α-hetero) is 1. The first-order valence-electron chi connectivity index (χ1n) is 10.6. The van der Waals surface area contributed by atoms with Crippen molar-refractivity contribution in [2.45, 2.75) is 45.3 Å². The van der Waals surface area contributed by atoms with Gasteiger partial charge in [-0.05, 0) is 24.2 Å². The highest BCUT2D eigenvalue weighted by molar-refractivity contribution is 7.89. The minimum absolute atomic E-state index is 0.00145. The fourth-order valence-corrected chi connectivity index (χ4v) is 7.87. The third-order valence-electron chi connectivity index (χ3n) is 7.84. The Labute approximate surface area is 184 Å². The van der Waals surface area contributed by atoms with E-state index in [0.29, 0.717) is 25.2 Å². The second kappa shape index (κ2) is 7.63. The number of ketones is 1. The summed E-state index contributed by atoms with van der Waals surface area (Å²) in [5.41, 5.74) is -2.26. The summed E-state index contributed by atoms with van der Waals surface area (Å²) in [7, 11) is -3.80. The quantitative estimate of drug-likeness (QED) is 0.690. The standard InChI is InChI=1S/C20H27F3N4O4S/c1-18(2)13-3-4-19(18,16(29)7-13)12-32(30,31)26-5-6-27(15(10-26)11-28)17-24-8-14(9-25-17)20(21,22)23/h8-9,13,15,28H,3-7,10-12H2,1-2H3/t13-,15?,19-/m1/s1. The first-order chi connectivity index (χ1) is 14.8. The van der Waals surface area contributed by atoms with Gasteiger partial charge in [0.25, 0.3) is 0 Å². The van der Waals surface area contributed by atoms with Gasteiger partial charge < -0.3 is 10.0 Å². The summed E-state index contributed by atoms with van der Waals surface area (Å²) in [4.78, 5) is 21.8. The third kappa shape index (κ3) is 3.60. The van der Waals surface area contributed by atoms with Gasteiger partial charge >= 0.3 is 6.18 Å². The number of anilines is 1. The zero-order valence-corrected chi connectivity index (χ0v) is 18.8. The Morgan fingerprint density at radius 2 is 1.88 bits per heavy atom. The molecule has 1 aromatic heterocycles. The number of carbonyl (C=O) groups excluding carboxylic acids is 1. The van der Waals surface area contributed by atoms with Gasteiger partial charge in [-0.1, -0.05) is 13.8 Å². The van der Waals surface area contributed by atoms with Crippen molar-refractivity contribution in [3.63, 3.8) is 0 Å². The maximum absolute atomic E-state index is 13.3. The van der Waals surface area contributed by atoms with Crippen LogP contribution in [-0.2, 0) is 21.0 Å². The number of nitrogens with zero attached hydrogens (tertiary/aromatic N) is 4. The molecule has 1 aromatic rings. The number of sulfonamides is 1. The summed E-state index contributed by atoms with van der Waals surface area (Å²) in [6, 6.07) is -0.712. The van der Waals surface area contributed by atoms with E-state index in [0.717, 1.165) is 6.42 Å². The van der Waals surface area contributed by atoms with Crippen LogP contribution >= 0.6 is 0 Å². The summed E-state index contributed by atoms with van der Waals surface area (Å²) in [6.07, 6.45) is -1.41. The summed E-state index contributed by atoms with van der Waals surface area (Å²) in [6.45, 7) is 3.65. The van der Waals surface area contributed by atoms with Crippen molar-refractivity contribution in [3.05, 3.63) is 18.0 Å². The zero-order chi connectivity index (χ0) is 23.5. The molecule has 8 nitrogen and oxygen atoms in total. The Morgan fingerprint density at radius 3 is 2.38 bits per heavy atom. The molecule has 0 aromatic carbocycles. The average Bonchev–Trinajstić information content (AvgIpc) is 3.07. The van der Waals surface area contributed by atoms with E-state index in [2.05, 4.69) is 9.97 Å². The lowest BCUT2D eigenvalue weighted by molar-refractivity contribution is -0.138. The molecule has 0 radical (unpaired) electrons. The number of aliphatic hydroxyl groups is 1. The van der Waals surface area contributed by atoms with Crippen molar-refractivity contribution in [2.24, 2.45) is 16.7 Å². The molecule has 0 spiro atoms. The molecule has 3 aliphatic rings. The number of carbonyl (C=O) groups is 1. The predicted octanol–water partition coefficient (Wildman–Crippen LogP) is 1.70. The largest absolute Gasteiger partial charge is 0.419 e. The number of fused-ring (bicyclic) bond motifs is 2. The number of alkyl halides is 3. The van der Waals surface area contributed by atoms with E-state index in [1.54, 1.807) is 0 Å². The van der Waals surface area contributed by atoms with Gasteiger partial charge in [0.05, 0.1) is 24.0 Å². The molecule has 0 amide bonds. The van der Waals surface area contributed by atoms with Gasteiger partial charge in [-0.15, -0.1) is 0 Å². The lowest BCUT2D eigenvalue weighted by atomic mass is 9.70. The molecule has 178 valence electrons. The molecular weight excluding hydrogens is 449 g/mol. The van der Waals surface area contributed by atoms with Crippen molar-refractivity contribution < 1.29 is 31.5 Å². The van der Waals surface area contributed by atoms with Crippen molar-refractivity contribution in [2.75, 3.05) is 36.9 Å². The first-order valence-corrected chi connectivity index (χ1v) is 12.2. The van der Waals surface area contributed by atoms with Crippen LogP contribution in [0.25, 0.3) is 0 Å². The number of halogens is 3. The molecule has 1 saturated heterocycles. The van der Waals surface area contributed by atoms with E-state index in [-0.39, 0.29) is 48.5 Å². The molecule has 2 heterocycles. The lowest BCUT2D eigenvalue weighted by Crippen LogP contribution is -2.58. The smallest absolute Gasteiger partial charge is 0.394 e. The van der Waals surface area contributed by atoms with Crippen molar-refractivity contribution in [1.29, 1.82) is 0 Å². The third-order valence-corrected chi connectivity index (χ3v) is 9.82. The number of hydrogen-bond acceptors (Lipinski definition) is 7. The molecule has 32 heavy (non-hydrogen) atoms. The van der Waals surface area contributed by atoms with Crippen molar-refractivity contribution >= 4 is 21.8 Å². The maximum atomic E-state index is 13.3. The second-order valence-corrected chi connectivity index (χ2v) is 11.5. The highest BCUT2D eigenvalue weighted by Gasteiger charge is 2.65. The average molecular weight is 477 g/mol. The number of rotatable bonds is 5. The molecule has 2 aliphatic carbocycles. The summed E-state index contributed by atoms with van der Waals surface area (Å²) >= 11 is 0. The molecule has 2 saturated carbocycles. The van der Waals surface area contributed by atoms with Crippen LogP contribution in [0.3, 0.4) is 0 Å². The summed E-state index contributed by atoms with van der Waals surface area (Å²) in [5, 5.41) is 9.85. The number of piperazine rings is 1. The van der Waals surface area contributed by atoms with Crippen LogP contribution in [0.15, 0.2) is 12.4 Å². The Balaban J connectivity index is 1.51. The SMILES string of the molecule is CC1(C)[C@@H]2CC[C@@]1(CS(=O)(=O)N1CCN(c3ncc(C(F)(F)F)cn3)C(CO)C1)C(=O)C2. The minimum Gasteiger partial charge on any atom is -0.394 e. The van der Waals surface area contributed by atoms with Crippen LogP contribution in [0.5, 0.6) is 0 Å². The van der Waals surface area contributed by atoms with Crippen LogP contribution < -0.4 is 4.90 Å². The van der Waals surface area contributed by atoms with Gasteiger partial charge in [-0.3, -0.25) is 4.79 Å². The topological polar surface area (TPSA) is 104 Å². The molecule has 3 fully saturated rings. The van der Waals surface area contributed by atoms with E-state index in [1.165, 1.54) is 9.21 Å². The molecule has 3 atom stereocenters. The Morgan fingerprint density at radius 1 is 1.22 bits per heavy atom. The number of hydrogen-bond donors (Lipinski definition) is 1. The first kappa shape index (κ1) is 23.4. The Hall–Kier alpha value is -1.79. The fraction of sp³-hybridized carbons (Fsp3) is 0.750. The Kier molecular flexibility index (Phi) is 5.57. The van der Waals surface area contributed by atoms with Crippen LogP contribution in [0.1, 0.15) is 38.7 Å². The minimum atomic E-state index is -4.56. The van der Waals surface area contributed by atoms with Crippen LogP contribution in [0, 0.1) is 16.7 Å². The van der Waals surface area contributed by atoms with Gasteiger partial charge in [-0.25, -0.2) is 18.4 Å². The molecule has 4 rings (SSSR count). The van der Waals surface area contributed by atoms with E-state index in [4.69, 9.17) is 0 Å². The maximum Gasteiger partial charge on any atom is 0.419 e. The van der Waals surface area contributed by atoms with Gasteiger partial charge in [0, 0.05) is 43.9 Å². The molecule has 2 bridgehead atoms. The van der Waals surface area contributed by atoms with Crippen molar-refractivity contribution in [3.8, 4) is 0 Å². The van der Waals surface area contributed by atoms with Gasteiger partial charge in [0.2, 0.25) is 16.0 Å². The molecular formula is C20H27F3N4O4S. The van der Waals surface area contributed by atoms with Gasteiger partial charge in [0.1, 0.15) is 5.78 Å². The summed E-state index contributed by atoms with van der Waals surface area (Å²) in [5.74, 6) is -0.0441. The highest BCUT2D eigenvalue weighted by Crippen LogP contribution is 2.64. The van der Waals surface area contributed by atoms with E-state index in [1.807, 2.05) is 13.8 Å². The normalized spacial score (nSPS) is 30.8. The van der Waals surface area contributed by atoms with Gasteiger partial charge in [-0.2, -0.15) is 17.5 Å². The van der Waals surface area contributed by atoms with Crippen LogP contribution in [0.2, 0.25) is 0 Å². The summed E-state index contributed by atoms with van der Waals surface area (Å²) < 4.78 is 66.3. The van der Waals surface area contributed by atoms with E-state index in [9.17, 15) is 31.5 Å². The van der Waals surface area contributed by atoms with Gasteiger partial charge in [0.15, 0.2) is 0 Å². The molecule has 1 aliphatic heterocycles. The molecule has 1 N–H and O–H groups in total. The monoisotopic (exact) mass is 476 g/mol. The van der Waals surface area contributed by atoms with Crippen molar-refractivity contribution in [1.82, 2.24) is 14.3 Å². The fourth-order valence-electron chi connectivity index (χ4n) is 5.63. The number of aromatic nitrogens is 2. The number of aliphatic hydroxyl groups excluding tert-OH is 1. The second-order valence-electron chi connectivity index (χ2n) is 9.58. The van der Waals surface area contributed by atoms with E-state index >= 15 is 0 Å². The Bertz CT molecular complexity index is 999. The predicted molar refractivity (Wildman–Crippen MR) is 109 cm³/mol. The van der Waals surface area contributed by atoms with Crippen LogP contribution in [-0.4, -0.2) is 71.6 Å². The molecule has 1 unspecified atom stereocenters. The molecule has 12 heteroatoms. The lowest BCUT2D eigenvalue weighted by Gasteiger charge is -2.42. The van der Waals surface area contributed by atoms with E-state index < -0.39 is 39.8 Å². The zero-order valence-electron chi connectivity index (χ0n) is 18.0. The van der Waals surface area contributed by atoms with Crippen LogP contribution in [0.4, 0.5) is 19.1 Å².